The first-order valence-electron chi connectivity index (χ1n) is 15.6. The van der Waals surface area contributed by atoms with Crippen LogP contribution in [0.15, 0.2) is 60.7 Å². The Morgan fingerprint density at radius 2 is 1.94 bits per heavy atom. The van der Waals surface area contributed by atoms with E-state index in [0.29, 0.717) is 44.7 Å². The molecule has 0 bridgehead atoms. The zero-order chi connectivity index (χ0) is 33.1. The van der Waals surface area contributed by atoms with E-state index in [1.807, 2.05) is 30.3 Å². The van der Waals surface area contributed by atoms with Crippen LogP contribution in [0, 0.1) is 23.7 Å². The molecule has 7 rings (SSSR count). The molecular formula is C35H35ClF3N7O. The number of anilines is 2. The third kappa shape index (κ3) is 5.53. The van der Waals surface area contributed by atoms with Gasteiger partial charge >= 0.3 is 6.18 Å². The molecule has 0 radical (unpaired) electrons. The first-order chi connectivity index (χ1) is 22.5. The summed E-state index contributed by atoms with van der Waals surface area (Å²) in [6.07, 6.45) is 11.4. The summed E-state index contributed by atoms with van der Waals surface area (Å²) >= 11 is 6.81. The Kier molecular flexibility index (Phi) is 7.56. The number of terminal acetylenes is 1. The van der Waals surface area contributed by atoms with Crippen LogP contribution in [0.2, 0.25) is 5.02 Å². The van der Waals surface area contributed by atoms with E-state index in [4.69, 9.17) is 22.8 Å². The second-order valence-corrected chi connectivity index (χ2v) is 13.6. The highest BCUT2D eigenvalue weighted by atomic mass is 35.5. The van der Waals surface area contributed by atoms with Crippen molar-refractivity contribution in [3.8, 4) is 18.2 Å². The summed E-state index contributed by atoms with van der Waals surface area (Å²) < 4.78 is 46.9. The molecule has 2 aliphatic carbocycles. The van der Waals surface area contributed by atoms with Gasteiger partial charge in [-0.25, -0.2) is 4.98 Å². The van der Waals surface area contributed by atoms with Crippen LogP contribution in [0.25, 0.3) is 21.7 Å². The van der Waals surface area contributed by atoms with Gasteiger partial charge in [-0.2, -0.15) is 13.2 Å². The number of ether oxygens (including phenoxy) is 1. The Bertz CT molecular complexity index is 1950. The monoisotopic (exact) mass is 661 g/mol. The number of nitrogens with one attached hydrogen (secondary N) is 4. The quantitative estimate of drug-likeness (QED) is 0.129. The fraction of sp³-hybridized carbons (Fsp3) is 0.371. The van der Waals surface area contributed by atoms with Crippen LogP contribution in [-0.4, -0.2) is 40.3 Å². The predicted molar refractivity (Wildman–Crippen MR) is 179 cm³/mol. The number of aromatic nitrogens is 2. The predicted octanol–water partition coefficient (Wildman–Crippen LogP) is 7.69. The number of halogens is 4. The van der Waals surface area contributed by atoms with E-state index in [2.05, 4.69) is 48.7 Å². The lowest BCUT2D eigenvalue weighted by molar-refractivity contribution is -0.206. The summed E-state index contributed by atoms with van der Waals surface area (Å²) in [5.41, 5.74) is 8.53. The number of benzene rings is 2. The van der Waals surface area contributed by atoms with Gasteiger partial charge in [0, 0.05) is 41.6 Å². The molecule has 244 valence electrons. The second kappa shape index (κ2) is 11.4. The van der Waals surface area contributed by atoms with Crippen molar-refractivity contribution in [1.29, 1.82) is 0 Å². The number of hydrazine groups is 2. The van der Waals surface area contributed by atoms with Crippen molar-refractivity contribution in [3.05, 3.63) is 76.8 Å². The molecule has 2 aromatic carbocycles. The van der Waals surface area contributed by atoms with E-state index in [9.17, 15) is 13.2 Å². The molecule has 0 amide bonds. The molecule has 3 aliphatic rings. The van der Waals surface area contributed by atoms with E-state index >= 15 is 0 Å². The number of hydrogen-bond donors (Lipinski definition) is 4. The van der Waals surface area contributed by atoms with Crippen molar-refractivity contribution in [2.75, 3.05) is 24.3 Å². The second-order valence-electron chi connectivity index (χ2n) is 13.2. The molecule has 0 saturated heterocycles. The van der Waals surface area contributed by atoms with Crippen molar-refractivity contribution in [1.82, 2.24) is 25.9 Å². The van der Waals surface area contributed by atoms with Crippen molar-refractivity contribution < 1.29 is 17.9 Å². The number of alkyl halides is 3. The SMILES string of the molecule is C#Cc1cnc2c(Cl)cc(N[C@H](C3=CN(C4(C5CC5)CC4)NN3)c3cccc4c(OC)nccc34)cc2c1NCC(C)(C)C(F)(F)F. The van der Waals surface area contributed by atoms with Crippen LogP contribution < -0.4 is 26.3 Å². The lowest BCUT2D eigenvalue weighted by Gasteiger charge is -2.29. The van der Waals surface area contributed by atoms with Crippen LogP contribution in [0.3, 0.4) is 0 Å². The molecular weight excluding hydrogens is 627 g/mol. The molecule has 2 aromatic heterocycles. The molecule has 3 heterocycles. The maximum atomic E-state index is 13.8. The molecule has 12 heteroatoms. The Balaban J connectivity index is 1.32. The number of fused-ring (bicyclic) bond motifs is 2. The van der Waals surface area contributed by atoms with Crippen molar-refractivity contribution in [2.45, 2.75) is 57.3 Å². The Morgan fingerprint density at radius 3 is 2.62 bits per heavy atom. The number of rotatable bonds is 10. The number of pyridine rings is 2. The summed E-state index contributed by atoms with van der Waals surface area (Å²) in [7, 11) is 1.59. The van der Waals surface area contributed by atoms with Gasteiger partial charge in [-0.3, -0.25) is 9.99 Å². The lowest BCUT2D eigenvalue weighted by atomic mass is 9.92. The van der Waals surface area contributed by atoms with Gasteiger partial charge in [-0.1, -0.05) is 29.7 Å². The molecule has 2 fully saturated rings. The van der Waals surface area contributed by atoms with Crippen molar-refractivity contribution >= 4 is 44.7 Å². The fourth-order valence-corrected chi connectivity index (χ4v) is 6.74. The molecule has 4 N–H and O–H groups in total. The maximum absolute atomic E-state index is 13.8. The minimum Gasteiger partial charge on any atom is -0.481 e. The highest BCUT2D eigenvalue weighted by Gasteiger charge is 2.58. The van der Waals surface area contributed by atoms with Gasteiger partial charge in [-0.05, 0) is 80.7 Å². The molecule has 0 unspecified atom stereocenters. The Hall–Kier alpha value is -4.40. The summed E-state index contributed by atoms with van der Waals surface area (Å²) in [6, 6.07) is 11.1. The minimum atomic E-state index is -4.42. The topological polar surface area (TPSA) is 86.4 Å². The highest BCUT2D eigenvalue weighted by molar-refractivity contribution is 6.35. The summed E-state index contributed by atoms with van der Waals surface area (Å²) in [5, 5.41) is 11.5. The Morgan fingerprint density at radius 1 is 1.15 bits per heavy atom. The van der Waals surface area contributed by atoms with E-state index in [1.165, 1.54) is 19.0 Å². The van der Waals surface area contributed by atoms with Crippen molar-refractivity contribution in [2.24, 2.45) is 11.3 Å². The first kappa shape index (κ1) is 31.2. The van der Waals surface area contributed by atoms with E-state index in [1.54, 1.807) is 19.4 Å². The van der Waals surface area contributed by atoms with Crippen molar-refractivity contribution in [3.63, 3.8) is 0 Å². The van der Waals surface area contributed by atoms with Gasteiger partial charge in [0.15, 0.2) is 0 Å². The smallest absolute Gasteiger partial charge is 0.395 e. The van der Waals surface area contributed by atoms with Crippen LogP contribution in [0.5, 0.6) is 5.88 Å². The molecule has 4 aromatic rings. The third-order valence-electron chi connectivity index (χ3n) is 9.65. The molecule has 1 aliphatic heterocycles. The van der Waals surface area contributed by atoms with Gasteiger partial charge in [0.25, 0.3) is 0 Å². The summed E-state index contributed by atoms with van der Waals surface area (Å²) in [4.78, 5) is 8.86. The first-order valence-corrected chi connectivity index (χ1v) is 15.9. The van der Waals surface area contributed by atoms with Crippen LogP contribution >= 0.6 is 11.6 Å². The lowest BCUT2D eigenvalue weighted by Crippen LogP contribution is -2.46. The van der Waals surface area contributed by atoms with Crippen LogP contribution in [0.4, 0.5) is 24.5 Å². The van der Waals surface area contributed by atoms with Gasteiger partial charge in [0.2, 0.25) is 5.88 Å². The molecule has 1 atom stereocenters. The normalized spacial score (nSPS) is 18.0. The standard InChI is InChI=1S/C35H35ClF3N7O/c1-5-20-17-41-30-26(29(20)42-19-33(2,3)35(37,38)39)15-22(16-27(30)36)43-31(24-7-6-8-25-23(24)11-14-40-32(25)47-4)28-18-46(45-44-28)34(12-13-34)21-9-10-21/h1,6-8,11,14-18,21,31,43-45H,9-10,12-13,19H2,2-4H3,(H,41,42)/t31-/m0/s1. The minimum absolute atomic E-state index is 0.125. The summed E-state index contributed by atoms with van der Waals surface area (Å²) in [5.74, 6) is 3.76. The van der Waals surface area contributed by atoms with E-state index < -0.39 is 24.2 Å². The van der Waals surface area contributed by atoms with Gasteiger partial charge in [0.1, 0.15) is 0 Å². The molecule has 0 spiro atoms. The van der Waals surface area contributed by atoms with Gasteiger partial charge < -0.3 is 20.8 Å². The zero-order valence-corrected chi connectivity index (χ0v) is 27.0. The average molecular weight is 662 g/mol. The zero-order valence-electron chi connectivity index (χ0n) is 26.2. The van der Waals surface area contributed by atoms with Crippen LogP contribution in [-0.2, 0) is 0 Å². The number of hydrogen-bond acceptors (Lipinski definition) is 8. The largest absolute Gasteiger partial charge is 0.481 e. The molecule has 2 saturated carbocycles. The third-order valence-corrected chi connectivity index (χ3v) is 9.94. The Labute approximate surface area is 276 Å². The highest BCUT2D eigenvalue weighted by Crippen LogP contribution is 2.57. The van der Waals surface area contributed by atoms with Gasteiger partial charge in [-0.15, -0.1) is 12.0 Å². The molecule has 47 heavy (non-hydrogen) atoms. The number of methoxy groups -OCH3 is 1. The van der Waals surface area contributed by atoms with Crippen LogP contribution in [0.1, 0.15) is 56.7 Å². The average Bonchev–Trinajstić information content (AvgIpc) is 3.99. The fourth-order valence-electron chi connectivity index (χ4n) is 6.47. The van der Waals surface area contributed by atoms with E-state index in [0.717, 1.165) is 48.7 Å². The van der Waals surface area contributed by atoms with E-state index in [-0.39, 0.29) is 5.54 Å². The number of nitrogens with zero attached hydrogens (tertiary/aromatic N) is 3. The maximum Gasteiger partial charge on any atom is 0.395 e. The summed E-state index contributed by atoms with van der Waals surface area (Å²) in [6.45, 7) is 1.90. The molecule has 8 nitrogen and oxygen atoms in total. The van der Waals surface area contributed by atoms with Gasteiger partial charge in [0.05, 0.1) is 51.6 Å².